The Hall–Kier alpha value is -2.93. The van der Waals surface area contributed by atoms with Gasteiger partial charge in [-0.1, -0.05) is 30.8 Å². The molecule has 1 N–H and O–H groups in total. The Morgan fingerprint density at radius 2 is 2.00 bits per heavy atom. The number of pyridine rings is 1. The molecule has 0 aliphatic heterocycles. The highest BCUT2D eigenvalue weighted by atomic mass is 15.2. The predicted molar refractivity (Wildman–Crippen MR) is 83.0 cm³/mol. The van der Waals surface area contributed by atoms with E-state index in [2.05, 4.69) is 20.0 Å². The highest BCUT2D eigenvalue weighted by molar-refractivity contribution is 5.72. The standard InChI is InChI=1S/C17H14N4/c1-11-6-4-5-7-13(11)14-10-19-15(8-12(14)2)16-9-17(18-3)21-20-16/h4-10H,1-2H3,(H,20,21)/i1D3. The van der Waals surface area contributed by atoms with Gasteiger partial charge in [0.2, 0.25) is 0 Å². The fourth-order valence-corrected chi connectivity index (χ4v) is 2.20. The van der Waals surface area contributed by atoms with Crippen LogP contribution < -0.4 is 0 Å². The van der Waals surface area contributed by atoms with E-state index in [1.54, 1.807) is 30.5 Å². The van der Waals surface area contributed by atoms with Crippen molar-refractivity contribution in [1.29, 1.82) is 0 Å². The Morgan fingerprint density at radius 3 is 2.71 bits per heavy atom. The highest BCUT2D eigenvalue weighted by Gasteiger charge is 2.10. The van der Waals surface area contributed by atoms with Gasteiger partial charge in [0.15, 0.2) is 0 Å². The number of rotatable bonds is 2. The van der Waals surface area contributed by atoms with Gasteiger partial charge in [0.25, 0.3) is 5.82 Å². The van der Waals surface area contributed by atoms with E-state index in [0.29, 0.717) is 28.3 Å². The maximum atomic E-state index is 7.70. The number of H-pyrrole nitrogens is 1. The average Bonchev–Trinajstić information content (AvgIpc) is 3.03. The lowest BCUT2D eigenvalue weighted by atomic mass is 9.98. The molecule has 0 saturated carbocycles. The summed E-state index contributed by atoms with van der Waals surface area (Å²) in [6.07, 6.45) is 1.65. The van der Waals surface area contributed by atoms with Crippen LogP contribution in [0, 0.1) is 20.3 Å². The molecule has 2 aromatic heterocycles. The zero-order chi connectivity index (χ0) is 17.3. The monoisotopic (exact) mass is 277 g/mol. The molecule has 4 nitrogen and oxygen atoms in total. The molecule has 3 aromatic rings. The van der Waals surface area contributed by atoms with Gasteiger partial charge in [-0.15, -0.1) is 5.10 Å². The molecule has 0 amide bonds. The molecule has 2 heterocycles. The van der Waals surface area contributed by atoms with Crippen molar-refractivity contribution in [2.24, 2.45) is 0 Å². The molecule has 0 spiro atoms. The summed E-state index contributed by atoms with van der Waals surface area (Å²) in [5.74, 6) is 0.348. The van der Waals surface area contributed by atoms with E-state index < -0.39 is 6.85 Å². The number of benzene rings is 1. The SMILES string of the molecule is [2H]C([2H])([2H])c1ccccc1-c1cnc(-c2cc([N+]#[C-])[nH]n2)cc1C. The summed E-state index contributed by atoms with van der Waals surface area (Å²) in [5.41, 5.74) is 3.83. The quantitative estimate of drug-likeness (QED) is 0.709. The second-order valence-electron chi connectivity index (χ2n) is 4.68. The Bertz CT molecular complexity index is 935. The first-order valence-corrected chi connectivity index (χ1v) is 6.40. The molecule has 0 bridgehead atoms. The van der Waals surface area contributed by atoms with Crippen LogP contribution in [0.15, 0.2) is 42.6 Å². The van der Waals surface area contributed by atoms with Crippen LogP contribution in [-0.4, -0.2) is 15.2 Å². The summed E-state index contributed by atoms with van der Waals surface area (Å²) in [5, 5.41) is 6.70. The van der Waals surface area contributed by atoms with Gasteiger partial charge in [-0.3, -0.25) is 4.98 Å². The number of aromatic amines is 1. The third kappa shape index (κ3) is 2.41. The van der Waals surface area contributed by atoms with Crippen LogP contribution in [0.2, 0.25) is 0 Å². The van der Waals surface area contributed by atoms with Crippen LogP contribution in [0.3, 0.4) is 0 Å². The number of nitrogens with one attached hydrogen (secondary N) is 1. The van der Waals surface area contributed by atoms with Gasteiger partial charge in [-0.2, -0.15) is 0 Å². The topological polar surface area (TPSA) is 45.9 Å². The van der Waals surface area contributed by atoms with Crippen LogP contribution >= 0.6 is 0 Å². The molecule has 0 atom stereocenters. The predicted octanol–water partition coefficient (Wildman–Crippen LogP) is 4.31. The molecule has 21 heavy (non-hydrogen) atoms. The molecule has 4 heteroatoms. The Kier molecular flexibility index (Phi) is 2.46. The summed E-state index contributed by atoms with van der Waals surface area (Å²) in [6.45, 7) is 6.69. The van der Waals surface area contributed by atoms with Gasteiger partial charge < -0.3 is 4.85 Å². The molecule has 0 unspecified atom stereocenters. The van der Waals surface area contributed by atoms with Gasteiger partial charge in [0.1, 0.15) is 5.69 Å². The van der Waals surface area contributed by atoms with E-state index in [-0.39, 0.29) is 0 Å². The van der Waals surface area contributed by atoms with Crippen molar-refractivity contribution in [2.45, 2.75) is 13.8 Å². The van der Waals surface area contributed by atoms with Crippen molar-refractivity contribution in [2.75, 3.05) is 0 Å². The Labute approximate surface area is 127 Å². The van der Waals surface area contributed by atoms with Gasteiger partial charge in [0, 0.05) is 15.9 Å². The molecule has 0 fully saturated rings. The first kappa shape index (κ1) is 9.89. The van der Waals surface area contributed by atoms with Crippen LogP contribution in [0.1, 0.15) is 15.2 Å². The van der Waals surface area contributed by atoms with Crippen LogP contribution in [0.4, 0.5) is 5.82 Å². The molecule has 0 aliphatic carbocycles. The molecule has 3 rings (SSSR count). The third-order valence-electron chi connectivity index (χ3n) is 3.28. The lowest BCUT2D eigenvalue weighted by Gasteiger charge is -2.09. The van der Waals surface area contributed by atoms with E-state index >= 15 is 0 Å². The molecular formula is C17H14N4. The van der Waals surface area contributed by atoms with E-state index in [4.69, 9.17) is 10.7 Å². The van der Waals surface area contributed by atoms with E-state index in [0.717, 1.165) is 11.1 Å². The molecular weight excluding hydrogens is 260 g/mol. The minimum absolute atomic E-state index is 0.303. The van der Waals surface area contributed by atoms with Crippen molar-refractivity contribution < 1.29 is 4.11 Å². The first-order valence-electron chi connectivity index (χ1n) is 7.90. The number of aryl methyl sites for hydroxylation is 2. The van der Waals surface area contributed by atoms with Crippen molar-refractivity contribution in [3.8, 4) is 22.5 Å². The summed E-state index contributed by atoms with van der Waals surface area (Å²) < 4.78 is 23.1. The minimum Gasteiger partial charge on any atom is -0.362 e. The number of hydrogen-bond acceptors (Lipinski definition) is 2. The van der Waals surface area contributed by atoms with E-state index in [1.165, 1.54) is 0 Å². The number of aromatic nitrogens is 3. The van der Waals surface area contributed by atoms with Crippen LogP contribution in [0.25, 0.3) is 27.4 Å². The van der Waals surface area contributed by atoms with Gasteiger partial charge in [-0.05, 0) is 42.6 Å². The minimum atomic E-state index is -2.19. The van der Waals surface area contributed by atoms with Crippen molar-refractivity contribution >= 4 is 5.82 Å². The first-order chi connectivity index (χ1) is 11.4. The van der Waals surface area contributed by atoms with Gasteiger partial charge >= 0.3 is 0 Å². The maximum absolute atomic E-state index is 7.70. The zero-order valence-electron chi connectivity index (χ0n) is 14.4. The van der Waals surface area contributed by atoms with Gasteiger partial charge in [-0.25, -0.2) is 5.10 Å². The summed E-state index contributed by atoms with van der Waals surface area (Å²) in [7, 11) is 0. The Morgan fingerprint density at radius 1 is 1.14 bits per heavy atom. The zero-order valence-corrected chi connectivity index (χ0v) is 11.4. The molecule has 102 valence electrons. The fourth-order valence-electron chi connectivity index (χ4n) is 2.20. The summed E-state index contributed by atoms with van der Waals surface area (Å²) in [6, 6.07) is 10.4. The van der Waals surface area contributed by atoms with Gasteiger partial charge in [0.05, 0.1) is 5.69 Å². The lowest BCUT2D eigenvalue weighted by Crippen LogP contribution is -1.91. The van der Waals surface area contributed by atoms with Crippen molar-refractivity contribution in [1.82, 2.24) is 15.2 Å². The smallest absolute Gasteiger partial charge is 0.250 e. The molecule has 1 aromatic carbocycles. The van der Waals surface area contributed by atoms with Crippen molar-refractivity contribution in [3.63, 3.8) is 0 Å². The molecule has 0 aliphatic rings. The largest absolute Gasteiger partial charge is 0.362 e. The normalized spacial score (nSPS) is 13.0. The number of hydrogen-bond donors (Lipinski definition) is 1. The lowest BCUT2D eigenvalue weighted by molar-refractivity contribution is 1.10. The van der Waals surface area contributed by atoms with Crippen molar-refractivity contribution in [3.05, 3.63) is 65.1 Å². The van der Waals surface area contributed by atoms with Crippen LogP contribution in [0.5, 0.6) is 0 Å². The molecule has 0 saturated heterocycles. The second-order valence-corrected chi connectivity index (χ2v) is 4.68. The summed E-state index contributed by atoms with van der Waals surface area (Å²) >= 11 is 0. The van der Waals surface area contributed by atoms with E-state index in [9.17, 15) is 0 Å². The van der Waals surface area contributed by atoms with E-state index in [1.807, 2.05) is 19.1 Å². The van der Waals surface area contributed by atoms with Crippen LogP contribution in [-0.2, 0) is 0 Å². The second kappa shape index (κ2) is 5.22. The fraction of sp³-hybridized carbons (Fsp3) is 0.118. The molecule has 0 radical (unpaired) electrons. The average molecular weight is 277 g/mol. The Balaban J connectivity index is 2.08. The highest BCUT2D eigenvalue weighted by Crippen LogP contribution is 2.28. The third-order valence-corrected chi connectivity index (χ3v) is 3.28. The maximum Gasteiger partial charge on any atom is 0.250 e. The summed E-state index contributed by atoms with van der Waals surface area (Å²) in [4.78, 5) is 7.67. The number of nitrogens with zero attached hydrogens (tertiary/aromatic N) is 3.